The second kappa shape index (κ2) is 15.0. The summed E-state index contributed by atoms with van der Waals surface area (Å²) in [4.78, 5) is 18.0. The number of rotatable bonds is 6. The summed E-state index contributed by atoms with van der Waals surface area (Å²) >= 11 is 0. The molecule has 14 rings (SSSR count). The van der Waals surface area contributed by atoms with E-state index in [1.165, 1.54) is 76.8 Å². The van der Waals surface area contributed by atoms with Gasteiger partial charge in [0.05, 0.1) is 11.1 Å². The van der Waals surface area contributed by atoms with Gasteiger partial charge < -0.3 is 4.90 Å². The maximum atomic E-state index is 5.26. The quantitative estimate of drug-likeness (QED) is 0.156. The third-order valence-electron chi connectivity index (χ3n) is 14.3. The van der Waals surface area contributed by atoms with Crippen molar-refractivity contribution in [1.82, 2.24) is 15.0 Å². The van der Waals surface area contributed by atoms with Crippen LogP contribution in [0.5, 0.6) is 0 Å². The van der Waals surface area contributed by atoms with Gasteiger partial charge in [0.2, 0.25) is 0 Å². The number of para-hydroxylation sites is 2. The summed E-state index contributed by atoms with van der Waals surface area (Å²) in [6.07, 6.45) is 0. The van der Waals surface area contributed by atoms with Crippen molar-refractivity contribution in [3.05, 3.63) is 265 Å². The van der Waals surface area contributed by atoms with E-state index < -0.39 is 5.41 Å². The van der Waals surface area contributed by atoms with Crippen molar-refractivity contribution in [2.75, 3.05) is 4.90 Å². The van der Waals surface area contributed by atoms with Gasteiger partial charge in [0, 0.05) is 33.5 Å². The molecule has 68 heavy (non-hydrogen) atoms. The zero-order chi connectivity index (χ0) is 44.8. The SMILES string of the molecule is c1ccc(-c2nc(-c3ccccc3)nc(-c3ccc4c(c3)C3(c5ccccc5-4)c4ccccc4-c4c3c3c5ccccc5c(N(c5ccccc5)c5ccccc5)cc3c3ccccc43)n2)cc1. The van der Waals surface area contributed by atoms with E-state index in [1.54, 1.807) is 0 Å². The highest BCUT2D eigenvalue weighted by atomic mass is 15.1. The van der Waals surface area contributed by atoms with Crippen LogP contribution in [0.3, 0.4) is 0 Å². The molecule has 0 bridgehead atoms. The van der Waals surface area contributed by atoms with Crippen LogP contribution in [0, 0.1) is 0 Å². The van der Waals surface area contributed by atoms with Crippen molar-refractivity contribution in [2.24, 2.45) is 0 Å². The number of benzene rings is 11. The monoisotopic (exact) mass is 864 g/mol. The fraction of sp³-hybridized carbons (Fsp3) is 0.0156. The first kappa shape index (κ1) is 38.3. The summed E-state index contributed by atoms with van der Waals surface area (Å²) in [5.41, 5.74) is 15.6. The first-order valence-corrected chi connectivity index (χ1v) is 23.3. The van der Waals surface area contributed by atoms with Crippen LogP contribution in [0.15, 0.2) is 243 Å². The minimum atomic E-state index is -0.684. The minimum absolute atomic E-state index is 0.637. The number of nitrogens with zero attached hydrogens (tertiary/aromatic N) is 4. The number of hydrogen-bond donors (Lipinski definition) is 0. The lowest BCUT2D eigenvalue weighted by Crippen LogP contribution is -2.26. The zero-order valence-corrected chi connectivity index (χ0v) is 36.9. The lowest BCUT2D eigenvalue weighted by atomic mass is 9.68. The van der Waals surface area contributed by atoms with Gasteiger partial charge in [-0.2, -0.15) is 0 Å². The van der Waals surface area contributed by atoms with Gasteiger partial charge in [-0.3, -0.25) is 0 Å². The molecule has 11 aromatic carbocycles. The molecule has 1 spiro atoms. The summed E-state index contributed by atoms with van der Waals surface area (Å²) in [6, 6.07) is 87.7. The molecule has 0 saturated carbocycles. The third-order valence-corrected chi connectivity index (χ3v) is 14.3. The van der Waals surface area contributed by atoms with Crippen LogP contribution < -0.4 is 4.90 Å². The molecule has 4 heteroatoms. The lowest BCUT2D eigenvalue weighted by Gasteiger charge is -2.33. The van der Waals surface area contributed by atoms with E-state index in [9.17, 15) is 0 Å². The van der Waals surface area contributed by atoms with E-state index in [0.29, 0.717) is 17.5 Å². The summed E-state index contributed by atoms with van der Waals surface area (Å²) in [7, 11) is 0. The number of anilines is 3. The van der Waals surface area contributed by atoms with Crippen LogP contribution in [-0.4, -0.2) is 15.0 Å². The first-order chi connectivity index (χ1) is 33.8. The molecule has 1 heterocycles. The Morgan fingerprint density at radius 3 is 1.38 bits per heavy atom. The summed E-state index contributed by atoms with van der Waals surface area (Å²) < 4.78 is 0. The normalized spacial score (nSPS) is 14.2. The van der Waals surface area contributed by atoms with Crippen LogP contribution in [0.1, 0.15) is 22.3 Å². The Morgan fingerprint density at radius 2 is 0.765 bits per heavy atom. The molecule has 2 aliphatic carbocycles. The number of aromatic nitrogens is 3. The molecule has 4 nitrogen and oxygen atoms in total. The van der Waals surface area contributed by atoms with Gasteiger partial charge in [-0.1, -0.05) is 206 Å². The predicted octanol–water partition coefficient (Wildman–Crippen LogP) is 16.1. The fourth-order valence-corrected chi connectivity index (χ4v) is 11.5. The Bertz CT molecular complexity index is 3870. The lowest BCUT2D eigenvalue weighted by molar-refractivity contribution is 0.802. The highest BCUT2D eigenvalue weighted by Gasteiger charge is 2.53. The minimum Gasteiger partial charge on any atom is -0.310 e. The van der Waals surface area contributed by atoms with Crippen LogP contribution in [-0.2, 0) is 5.41 Å². The fourth-order valence-electron chi connectivity index (χ4n) is 11.5. The van der Waals surface area contributed by atoms with E-state index >= 15 is 0 Å². The van der Waals surface area contributed by atoms with E-state index in [4.69, 9.17) is 15.0 Å². The molecule has 0 amide bonds. The van der Waals surface area contributed by atoms with Crippen molar-refractivity contribution in [1.29, 1.82) is 0 Å². The van der Waals surface area contributed by atoms with E-state index in [0.717, 1.165) is 33.8 Å². The molecule has 12 aromatic rings. The van der Waals surface area contributed by atoms with Gasteiger partial charge in [0.1, 0.15) is 0 Å². The van der Waals surface area contributed by atoms with Crippen molar-refractivity contribution in [3.8, 4) is 56.4 Å². The smallest absolute Gasteiger partial charge is 0.164 e. The summed E-state index contributed by atoms with van der Waals surface area (Å²) in [5.74, 6) is 1.92. The van der Waals surface area contributed by atoms with Gasteiger partial charge in [-0.25, -0.2) is 15.0 Å². The van der Waals surface area contributed by atoms with Gasteiger partial charge in [0.25, 0.3) is 0 Å². The first-order valence-electron chi connectivity index (χ1n) is 23.3. The average molecular weight is 865 g/mol. The van der Waals surface area contributed by atoms with E-state index in [2.05, 4.69) is 211 Å². The molecular formula is C64H40N4. The van der Waals surface area contributed by atoms with Gasteiger partial charge in [0.15, 0.2) is 17.5 Å². The van der Waals surface area contributed by atoms with Gasteiger partial charge >= 0.3 is 0 Å². The van der Waals surface area contributed by atoms with Crippen LogP contribution >= 0.6 is 0 Å². The molecule has 1 aromatic heterocycles. The Balaban J connectivity index is 1.12. The van der Waals surface area contributed by atoms with Crippen LogP contribution in [0.2, 0.25) is 0 Å². The molecule has 0 aliphatic heterocycles. The molecular weight excluding hydrogens is 825 g/mol. The molecule has 0 radical (unpaired) electrons. The van der Waals surface area contributed by atoms with E-state index in [1.807, 2.05) is 36.4 Å². The van der Waals surface area contributed by atoms with Crippen LogP contribution in [0.25, 0.3) is 88.7 Å². The Morgan fingerprint density at radius 1 is 0.309 bits per heavy atom. The van der Waals surface area contributed by atoms with Crippen LogP contribution in [0.4, 0.5) is 17.1 Å². The third kappa shape index (κ3) is 5.52. The predicted molar refractivity (Wildman–Crippen MR) is 280 cm³/mol. The van der Waals surface area contributed by atoms with Gasteiger partial charge in [-0.15, -0.1) is 0 Å². The largest absolute Gasteiger partial charge is 0.310 e. The number of fused-ring (bicyclic) bond motifs is 17. The number of hydrogen-bond acceptors (Lipinski definition) is 4. The topological polar surface area (TPSA) is 41.9 Å². The standard InChI is InChI=1S/C64H40N4/c1-5-21-41(22-6-1)61-65-62(42-23-7-2-8-24-42)67-63(66-61)43-37-38-48-47-30-17-19-35-54(47)64(56(48)39-43)55-36-20-18-34-52(55)58-50-32-15-13-29-46(50)53-40-57(49-31-14-16-33-51(49)59(53)60(58)64)68(44-25-9-3-10-26-44)45-27-11-4-12-28-45/h1-40H. The van der Waals surface area contributed by atoms with Crippen molar-refractivity contribution >= 4 is 49.4 Å². The average Bonchev–Trinajstić information content (AvgIpc) is 3.89. The van der Waals surface area contributed by atoms with Gasteiger partial charge in [-0.05, 0) is 108 Å². The molecule has 316 valence electrons. The Labute approximate surface area is 394 Å². The molecule has 1 atom stereocenters. The Kier molecular flexibility index (Phi) is 8.46. The summed E-state index contributed by atoms with van der Waals surface area (Å²) in [6.45, 7) is 0. The Hall–Kier alpha value is -8.99. The second-order valence-electron chi connectivity index (χ2n) is 17.8. The maximum absolute atomic E-state index is 5.26. The molecule has 0 fully saturated rings. The highest BCUT2D eigenvalue weighted by Crippen LogP contribution is 2.66. The van der Waals surface area contributed by atoms with Crippen molar-refractivity contribution < 1.29 is 0 Å². The van der Waals surface area contributed by atoms with Crippen molar-refractivity contribution in [2.45, 2.75) is 5.41 Å². The zero-order valence-electron chi connectivity index (χ0n) is 36.9. The maximum Gasteiger partial charge on any atom is 0.164 e. The molecule has 2 aliphatic rings. The highest BCUT2D eigenvalue weighted by molar-refractivity contribution is 6.28. The summed E-state index contributed by atoms with van der Waals surface area (Å²) in [5, 5.41) is 7.35. The second-order valence-corrected chi connectivity index (χ2v) is 17.8. The van der Waals surface area contributed by atoms with Crippen molar-refractivity contribution in [3.63, 3.8) is 0 Å². The van der Waals surface area contributed by atoms with E-state index in [-0.39, 0.29) is 0 Å². The molecule has 0 N–H and O–H groups in total. The molecule has 1 unspecified atom stereocenters. The molecule has 0 saturated heterocycles.